The van der Waals surface area contributed by atoms with Gasteiger partial charge in [-0.2, -0.15) is 0 Å². The summed E-state index contributed by atoms with van der Waals surface area (Å²) < 4.78 is 11.5. The monoisotopic (exact) mass is 277 g/mol. The Morgan fingerprint density at radius 1 is 1.30 bits per heavy atom. The fourth-order valence-electron chi connectivity index (χ4n) is 2.71. The zero-order valence-corrected chi connectivity index (χ0v) is 11.9. The number of piperazine rings is 1. The second-order valence-corrected chi connectivity index (χ2v) is 5.42. The molecule has 1 N–H and O–H groups in total. The SMILES string of the molecule is c1ncc(N2CCNCC2)cc1OCC1CCCCO1. The summed E-state index contributed by atoms with van der Waals surface area (Å²) in [6.07, 6.45) is 7.46. The zero-order chi connectivity index (χ0) is 13.6. The maximum Gasteiger partial charge on any atom is 0.139 e. The molecule has 0 spiro atoms. The van der Waals surface area contributed by atoms with Crippen LogP contribution in [0.3, 0.4) is 0 Å². The molecule has 1 aromatic heterocycles. The van der Waals surface area contributed by atoms with Crippen LogP contribution >= 0.6 is 0 Å². The minimum Gasteiger partial charge on any atom is -0.489 e. The van der Waals surface area contributed by atoms with E-state index >= 15 is 0 Å². The number of pyridine rings is 1. The molecule has 2 fully saturated rings. The van der Waals surface area contributed by atoms with Crippen LogP contribution in [0.5, 0.6) is 5.75 Å². The maximum absolute atomic E-state index is 5.85. The summed E-state index contributed by atoms with van der Waals surface area (Å²) in [7, 11) is 0. The summed E-state index contributed by atoms with van der Waals surface area (Å²) in [5.41, 5.74) is 1.15. The maximum atomic E-state index is 5.85. The van der Waals surface area contributed by atoms with Crippen molar-refractivity contribution in [3.8, 4) is 5.75 Å². The van der Waals surface area contributed by atoms with E-state index in [1.54, 1.807) is 6.20 Å². The third kappa shape index (κ3) is 3.61. The predicted octanol–water partition coefficient (Wildman–Crippen LogP) is 1.44. The second kappa shape index (κ2) is 6.90. The lowest BCUT2D eigenvalue weighted by Crippen LogP contribution is -2.43. The molecule has 1 aromatic rings. The van der Waals surface area contributed by atoms with Crippen molar-refractivity contribution in [2.75, 3.05) is 44.3 Å². The molecular weight excluding hydrogens is 254 g/mol. The van der Waals surface area contributed by atoms with E-state index in [0.29, 0.717) is 6.61 Å². The number of anilines is 1. The molecule has 0 amide bonds. The predicted molar refractivity (Wildman–Crippen MR) is 78.4 cm³/mol. The Morgan fingerprint density at radius 2 is 2.20 bits per heavy atom. The minimum atomic E-state index is 0.242. The highest BCUT2D eigenvalue weighted by Crippen LogP contribution is 2.21. The van der Waals surface area contributed by atoms with Crippen LogP contribution in [0.25, 0.3) is 0 Å². The number of rotatable bonds is 4. The van der Waals surface area contributed by atoms with Crippen LogP contribution in [0.1, 0.15) is 19.3 Å². The van der Waals surface area contributed by atoms with E-state index in [-0.39, 0.29) is 6.10 Å². The Morgan fingerprint density at radius 3 is 3.00 bits per heavy atom. The molecule has 5 nitrogen and oxygen atoms in total. The Kier molecular flexibility index (Phi) is 4.71. The molecule has 0 aliphatic carbocycles. The molecule has 0 radical (unpaired) electrons. The van der Waals surface area contributed by atoms with E-state index in [4.69, 9.17) is 9.47 Å². The Labute approximate surface area is 120 Å². The molecule has 0 bridgehead atoms. The van der Waals surface area contributed by atoms with Crippen molar-refractivity contribution in [2.45, 2.75) is 25.4 Å². The first kappa shape index (κ1) is 13.6. The third-order valence-corrected chi connectivity index (χ3v) is 3.89. The van der Waals surface area contributed by atoms with Crippen LogP contribution in [0, 0.1) is 0 Å². The second-order valence-electron chi connectivity index (χ2n) is 5.42. The van der Waals surface area contributed by atoms with Crippen LogP contribution in [-0.2, 0) is 4.74 Å². The standard InChI is InChI=1S/C15H23N3O2/c1-2-8-19-14(3-1)12-20-15-9-13(10-17-11-15)18-6-4-16-5-7-18/h9-11,14,16H,1-8,12H2. The van der Waals surface area contributed by atoms with Crippen LogP contribution in [0.15, 0.2) is 18.5 Å². The lowest BCUT2D eigenvalue weighted by molar-refractivity contribution is -0.0111. The molecule has 0 aromatic carbocycles. The van der Waals surface area contributed by atoms with Gasteiger partial charge in [-0.1, -0.05) is 0 Å². The average molecular weight is 277 g/mol. The fraction of sp³-hybridized carbons (Fsp3) is 0.667. The van der Waals surface area contributed by atoms with Crippen LogP contribution in [-0.4, -0.2) is 50.5 Å². The molecule has 2 saturated heterocycles. The number of aromatic nitrogens is 1. The third-order valence-electron chi connectivity index (χ3n) is 3.89. The highest BCUT2D eigenvalue weighted by Gasteiger charge is 2.15. The van der Waals surface area contributed by atoms with Crippen molar-refractivity contribution in [2.24, 2.45) is 0 Å². The summed E-state index contributed by atoms with van der Waals surface area (Å²) in [6, 6.07) is 2.08. The summed E-state index contributed by atoms with van der Waals surface area (Å²) >= 11 is 0. The molecule has 0 saturated carbocycles. The highest BCUT2D eigenvalue weighted by molar-refractivity contribution is 5.48. The van der Waals surface area contributed by atoms with Crippen molar-refractivity contribution in [3.63, 3.8) is 0 Å². The van der Waals surface area contributed by atoms with Crippen LogP contribution in [0.2, 0.25) is 0 Å². The van der Waals surface area contributed by atoms with Crippen molar-refractivity contribution in [1.82, 2.24) is 10.3 Å². The molecule has 2 aliphatic heterocycles. The topological polar surface area (TPSA) is 46.6 Å². The molecule has 110 valence electrons. The van der Waals surface area contributed by atoms with E-state index in [0.717, 1.165) is 50.6 Å². The molecule has 2 aliphatic rings. The molecule has 1 unspecified atom stereocenters. The smallest absolute Gasteiger partial charge is 0.139 e. The van der Waals surface area contributed by atoms with E-state index in [1.165, 1.54) is 12.8 Å². The van der Waals surface area contributed by atoms with Gasteiger partial charge in [0.2, 0.25) is 0 Å². The van der Waals surface area contributed by atoms with Crippen molar-refractivity contribution < 1.29 is 9.47 Å². The van der Waals surface area contributed by atoms with E-state index in [9.17, 15) is 0 Å². The van der Waals surface area contributed by atoms with Crippen molar-refractivity contribution in [1.29, 1.82) is 0 Å². The molecule has 1 atom stereocenters. The van der Waals surface area contributed by atoms with Gasteiger partial charge >= 0.3 is 0 Å². The van der Waals surface area contributed by atoms with Gasteiger partial charge in [-0.05, 0) is 19.3 Å². The Hall–Kier alpha value is -1.33. The summed E-state index contributed by atoms with van der Waals surface area (Å²) in [6.45, 7) is 5.61. The van der Waals surface area contributed by atoms with E-state index in [1.807, 2.05) is 6.20 Å². The van der Waals surface area contributed by atoms with Crippen molar-refractivity contribution >= 4 is 5.69 Å². The number of nitrogens with zero attached hydrogens (tertiary/aromatic N) is 2. The minimum absolute atomic E-state index is 0.242. The lowest BCUT2D eigenvalue weighted by Gasteiger charge is -2.29. The average Bonchev–Trinajstić information content (AvgIpc) is 2.55. The van der Waals surface area contributed by atoms with Gasteiger partial charge in [0.05, 0.1) is 24.2 Å². The molecular formula is C15H23N3O2. The van der Waals surface area contributed by atoms with Gasteiger partial charge in [0.25, 0.3) is 0 Å². The molecule has 3 rings (SSSR count). The van der Waals surface area contributed by atoms with Crippen LogP contribution in [0.4, 0.5) is 5.69 Å². The number of hydrogen-bond donors (Lipinski definition) is 1. The molecule has 20 heavy (non-hydrogen) atoms. The van der Waals surface area contributed by atoms with Gasteiger partial charge in [0.1, 0.15) is 12.4 Å². The van der Waals surface area contributed by atoms with Gasteiger partial charge in [0.15, 0.2) is 0 Å². The van der Waals surface area contributed by atoms with Crippen molar-refractivity contribution in [3.05, 3.63) is 18.5 Å². The number of nitrogens with one attached hydrogen (secondary N) is 1. The highest BCUT2D eigenvalue weighted by atomic mass is 16.5. The summed E-state index contributed by atoms with van der Waals surface area (Å²) in [5, 5.41) is 3.36. The largest absolute Gasteiger partial charge is 0.489 e. The molecule has 3 heterocycles. The molecule has 5 heteroatoms. The van der Waals surface area contributed by atoms with Gasteiger partial charge < -0.3 is 19.7 Å². The quantitative estimate of drug-likeness (QED) is 0.902. The Bertz CT molecular complexity index is 415. The lowest BCUT2D eigenvalue weighted by atomic mass is 10.1. The zero-order valence-electron chi connectivity index (χ0n) is 11.9. The van der Waals surface area contributed by atoms with Gasteiger partial charge in [0, 0.05) is 38.9 Å². The van der Waals surface area contributed by atoms with E-state index in [2.05, 4.69) is 21.3 Å². The number of ether oxygens (including phenoxy) is 2. The van der Waals surface area contributed by atoms with Crippen LogP contribution < -0.4 is 15.0 Å². The number of hydrogen-bond acceptors (Lipinski definition) is 5. The van der Waals surface area contributed by atoms with E-state index < -0.39 is 0 Å². The first-order valence-electron chi connectivity index (χ1n) is 7.57. The van der Waals surface area contributed by atoms with Gasteiger partial charge in [-0.25, -0.2) is 0 Å². The van der Waals surface area contributed by atoms with Gasteiger partial charge in [-0.3, -0.25) is 4.98 Å². The first-order valence-corrected chi connectivity index (χ1v) is 7.57. The fourth-order valence-corrected chi connectivity index (χ4v) is 2.71. The first-order chi connectivity index (χ1) is 9.92. The van der Waals surface area contributed by atoms with Gasteiger partial charge in [-0.15, -0.1) is 0 Å². The summed E-state index contributed by atoms with van der Waals surface area (Å²) in [4.78, 5) is 6.64. The Balaban J connectivity index is 1.56. The normalized spacial score (nSPS) is 23.6. The summed E-state index contributed by atoms with van der Waals surface area (Å²) in [5.74, 6) is 0.843.